The summed E-state index contributed by atoms with van der Waals surface area (Å²) in [5.41, 5.74) is -0.640. The monoisotopic (exact) mass is 467 g/mol. The summed E-state index contributed by atoms with van der Waals surface area (Å²) in [6.07, 6.45) is -5.21. The molecule has 4 rings (SSSR count). The van der Waals surface area contributed by atoms with Crippen LogP contribution in [-0.4, -0.2) is 55.6 Å². The van der Waals surface area contributed by atoms with E-state index in [1.165, 1.54) is 12.3 Å². The minimum Gasteiger partial charge on any atom is -0.335 e. The van der Waals surface area contributed by atoms with Crippen LogP contribution in [0.4, 0.5) is 17.6 Å². The van der Waals surface area contributed by atoms with Gasteiger partial charge in [-0.2, -0.15) is 18.3 Å². The summed E-state index contributed by atoms with van der Waals surface area (Å²) >= 11 is 11.9. The normalized spacial score (nSPS) is 22.0. The Hall–Kier alpha value is -2.14. The van der Waals surface area contributed by atoms with Crippen LogP contribution in [0.2, 0.25) is 10.0 Å². The number of hydrogen-bond donors (Lipinski definition) is 0. The highest BCUT2D eigenvalue weighted by Crippen LogP contribution is 2.42. The Kier molecular flexibility index (Phi) is 5.29. The van der Waals surface area contributed by atoms with Gasteiger partial charge in [0.1, 0.15) is 18.0 Å². The lowest BCUT2D eigenvalue weighted by molar-refractivity contribution is -0.198. The summed E-state index contributed by atoms with van der Waals surface area (Å²) in [6.45, 7) is -0.784. The Morgan fingerprint density at radius 2 is 1.97 bits per heavy atom. The van der Waals surface area contributed by atoms with Gasteiger partial charge in [0.2, 0.25) is 5.91 Å². The standard InChI is InChI=1S/C17H15Cl2F4N5O2/c18-8-3-11(19)12(24-4-8)7-27-16(30)28-13(25-27)2-1-10(17(21,22)23)14(28)15(29)26-5-9(20)6-26/h3-4,9-10,14H,1-2,5-7H2. The van der Waals surface area contributed by atoms with Crippen LogP contribution >= 0.6 is 23.2 Å². The molecule has 2 aliphatic rings. The van der Waals surface area contributed by atoms with E-state index in [4.69, 9.17) is 23.2 Å². The van der Waals surface area contributed by atoms with Gasteiger partial charge in [-0.25, -0.2) is 13.9 Å². The van der Waals surface area contributed by atoms with Crippen molar-refractivity contribution in [2.24, 2.45) is 5.92 Å². The number of aromatic nitrogens is 4. The summed E-state index contributed by atoms with van der Waals surface area (Å²) in [6, 6.07) is -0.411. The largest absolute Gasteiger partial charge is 0.394 e. The Balaban J connectivity index is 1.73. The van der Waals surface area contributed by atoms with Crippen LogP contribution in [0.25, 0.3) is 0 Å². The highest BCUT2D eigenvalue weighted by Gasteiger charge is 2.53. The molecule has 0 radical (unpaired) electrons. The number of likely N-dealkylation sites (tertiary alicyclic amines) is 1. The lowest BCUT2D eigenvalue weighted by Gasteiger charge is -2.40. The molecule has 30 heavy (non-hydrogen) atoms. The lowest BCUT2D eigenvalue weighted by atomic mass is 9.88. The number of rotatable bonds is 3. The Morgan fingerprint density at radius 1 is 1.27 bits per heavy atom. The molecule has 7 nitrogen and oxygen atoms in total. The summed E-state index contributed by atoms with van der Waals surface area (Å²) < 4.78 is 55.9. The maximum atomic E-state index is 13.7. The van der Waals surface area contributed by atoms with Gasteiger partial charge >= 0.3 is 11.9 Å². The van der Waals surface area contributed by atoms with E-state index in [9.17, 15) is 27.2 Å². The molecule has 2 unspecified atom stereocenters. The van der Waals surface area contributed by atoms with Crippen molar-refractivity contribution >= 4 is 29.1 Å². The lowest BCUT2D eigenvalue weighted by Crippen LogP contribution is -2.57. The first-order chi connectivity index (χ1) is 14.1. The number of fused-ring (bicyclic) bond motifs is 1. The van der Waals surface area contributed by atoms with E-state index in [0.29, 0.717) is 0 Å². The number of carbonyl (C=O) groups is 1. The van der Waals surface area contributed by atoms with Crippen molar-refractivity contribution in [2.45, 2.75) is 37.8 Å². The third kappa shape index (κ3) is 3.68. The van der Waals surface area contributed by atoms with E-state index in [1.807, 2.05) is 0 Å². The van der Waals surface area contributed by atoms with Crippen molar-refractivity contribution in [3.05, 3.63) is 44.3 Å². The maximum absolute atomic E-state index is 13.7. The number of amides is 1. The smallest absolute Gasteiger partial charge is 0.335 e. The van der Waals surface area contributed by atoms with Gasteiger partial charge in [0.25, 0.3) is 0 Å². The number of carbonyl (C=O) groups excluding carboxylic acids is 1. The van der Waals surface area contributed by atoms with Crippen LogP contribution in [-0.2, 0) is 17.8 Å². The first kappa shape index (κ1) is 21.1. The zero-order chi connectivity index (χ0) is 21.8. The van der Waals surface area contributed by atoms with Gasteiger partial charge in [0, 0.05) is 12.6 Å². The molecule has 0 N–H and O–H groups in total. The molecule has 0 spiro atoms. The predicted octanol–water partition coefficient (Wildman–Crippen LogP) is 2.64. The molecular formula is C17H15Cl2F4N5O2. The molecule has 13 heteroatoms. The van der Waals surface area contributed by atoms with E-state index in [2.05, 4.69) is 10.1 Å². The number of halogens is 6. The van der Waals surface area contributed by atoms with E-state index in [1.54, 1.807) is 0 Å². The molecule has 0 bridgehead atoms. The Bertz CT molecular complexity index is 1050. The average molecular weight is 468 g/mol. The Labute approximate surface area is 177 Å². The van der Waals surface area contributed by atoms with E-state index >= 15 is 0 Å². The topological polar surface area (TPSA) is 73.0 Å². The zero-order valence-electron chi connectivity index (χ0n) is 15.2. The van der Waals surface area contributed by atoms with E-state index in [0.717, 1.165) is 14.1 Å². The minimum atomic E-state index is -4.71. The predicted molar refractivity (Wildman–Crippen MR) is 98.2 cm³/mol. The second-order valence-electron chi connectivity index (χ2n) is 7.28. The molecule has 1 fully saturated rings. The fourth-order valence-corrected chi connectivity index (χ4v) is 4.20. The molecule has 0 aliphatic carbocycles. The second-order valence-corrected chi connectivity index (χ2v) is 8.12. The van der Waals surface area contributed by atoms with Crippen molar-refractivity contribution in [2.75, 3.05) is 13.1 Å². The summed E-state index contributed by atoms with van der Waals surface area (Å²) in [5.74, 6) is -2.94. The SMILES string of the molecule is O=C(C1C(C(F)(F)F)CCc2nn(Cc3ncc(Cl)cc3Cl)c(=O)n21)N1CC(F)C1. The third-order valence-electron chi connectivity index (χ3n) is 5.29. The quantitative estimate of drug-likeness (QED) is 0.650. The van der Waals surface area contributed by atoms with Gasteiger partial charge in [-0.15, -0.1) is 0 Å². The van der Waals surface area contributed by atoms with Gasteiger partial charge in [-0.1, -0.05) is 23.2 Å². The fraction of sp³-hybridized carbons (Fsp3) is 0.529. The molecule has 2 aromatic rings. The highest BCUT2D eigenvalue weighted by molar-refractivity contribution is 6.34. The van der Waals surface area contributed by atoms with Gasteiger partial charge < -0.3 is 4.90 Å². The molecule has 2 aliphatic heterocycles. The van der Waals surface area contributed by atoms with Crippen LogP contribution in [0, 0.1) is 5.92 Å². The molecule has 0 aromatic carbocycles. The number of aryl methyl sites for hydroxylation is 1. The number of hydrogen-bond acceptors (Lipinski definition) is 4. The first-order valence-electron chi connectivity index (χ1n) is 9.04. The molecule has 2 aromatic heterocycles. The molecule has 4 heterocycles. The van der Waals surface area contributed by atoms with Crippen LogP contribution in [0.15, 0.2) is 17.1 Å². The summed E-state index contributed by atoms with van der Waals surface area (Å²) in [4.78, 5) is 30.7. The summed E-state index contributed by atoms with van der Waals surface area (Å²) in [7, 11) is 0. The first-order valence-corrected chi connectivity index (χ1v) is 9.79. The highest BCUT2D eigenvalue weighted by atomic mass is 35.5. The molecule has 1 amide bonds. The van der Waals surface area contributed by atoms with Crippen LogP contribution < -0.4 is 5.69 Å². The van der Waals surface area contributed by atoms with Crippen molar-refractivity contribution in [3.63, 3.8) is 0 Å². The second kappa shape index (κ2) is 7.52. The molecule has 162 valence electrons. The minimum absolute atomic E-state index is 0.0567. The van der Waals surface area contributed by atoms with Crippen molar-refractivity contribution < 1.29 is 22.4 Å². The molecule has 1 saturated heterocycles. The van der Waals surface area contributed by atoms with Crippen molar-refractivity contribution in [3.8, 4) is 0 Å². The molecule has 0 saturated carbocycles. The Morgan fingerprint density at radius 3 is 2.57 bits per heavy atom. The van der Waals surface area contributed by atoms with Gasteiger partial charge in [0.05, 0.1) is 41.3 Å². The van der Waals surface area contributed by atoms with Crippen molar-refractivity contribution in [1.82, 2.24) is 24.2 Å². The average Bonchev–Trinajstić information content (AvgIpc) is 2.95. The number of nitrogens with zero attached hydrogens (tertiary/aromatic N) is 5. The molecule has 2 atom stereocenters. The fourth-order valence-electron chi connectivity index (χ4n) is 3.76. The third-order valence-corrected chi connectivity index (χ3v) is 5.82. The van der Waals surface area contributed by atoms with Crippen LogP contribution in [0.5, 0.6) is 0 Å². The van der Waals surface area contributed by atoms with E-state index < -0.39 is 42.3 Å². The zero-order valence-corrected chi connectivity index (χ0v) is 16.8. The summed E-state index contributed by atoms with van der Waals surface area (Å²) in [5, 5.41) is 4.54. The number of alkyl halides is 4. The van der Waals surface area contributed by atoms with Gasteiger partial charge in [-0.3, -0.25) is 14.3 Å². The van der Waals surface area contributed by atoms with Crippen molar-refractivity contribution in [1.29, 1.82) is 0 Å². The van der Waals surface area contributed by atoms with E-state index in [-0.39, 0.29) is 47.6 Å². The number of pyridine rings is 1. The van der Waals surface area contributed by atoms with Crippen LogP contribution in [0.3, 0.4) is 0 Å². The van der Waals surface area contributed by atoms with Gasteiger partial charge in [0.15, 0.2) is 0 Å². The maximum Gasteiger partial charge on any atom is 0.394 e. The van der Waals surface area contributed by atoms with Crippen LogP contribution in [0.1, 0.15) is 24.0 Å². The molecular weight excluding hydrogens is 453 g/mol. The van der Waals surface area contributed by atoms with Gasteiger partial charge in [-0.05, 0) is 12.5 Å².